The maximum Gasteiger partial charge on any atom is 0.405 e. The predicted octanol–water partition coefficient (Wildman–Crippen LogP) is 7.38. The van der Waals surface area contributed by atoms with Crippen LogP contribution in [0.4, 0.5) is 13.2 Å². The number of amides is 1. The van der Waals surface area contributed by atoms with Gasteiger partial charge < -0.3 is 14.4 Å². The molecule has 1 N–H and O–H groups in total. The Morgan fingerprint density at radius 2 is 1.45 bits per heavy atom. The van der Waals surface area contributed by atoms with E-state index in [1.54, 1.807) is 0 Å². The van der Waals surface area contributed by atoms with E-state index in [-0.39, 0.29) is 5.41 Å². The zero-order valence-electron chi connectivity index (χ0n) is 21.5. The smallest absolute Gasteiger partial charge is 0.346 e. The highest BCUT2D eigenvalue weighted by atomic mass is 31.2. The lowest BCUT2D eigenvalue weighted by Gasteiger charge is -2.42. The number of rotatable bonds is 8. The van der Waals surface area contributed by atoms with Crippen molar-refractivity contribution in [2.75, 3.05) is 25.9 Å². The molecule has 2 fully saturated rings. The van der Waals surface area contributed by atoms with Crippen LogP contribution in [0.2, 0.25) is 0 Å². The van der Waals surface area contributed by atoms with E-state index in [0.29, 0.717) is 45.1 Å². The summed E-state index contributed by atoms with van der Waals surface area (Å²) in [6.45, 7) is -0.405. The molecule has 9 heteroatoms. The number of unbranched alkanes of at least 4 members (excludes halogenated alkanes) is 2. The Labute approximate surface area is 222 Å². The maximum absolute atomic E-state index is 13.6. The van der Waals surface area contributed by atoms with Crippen molar-refractivity contribution in [3.05, 3.63) is 59.7 Å². The topological polar surface area (TPSA) is 64.6 Å². The first kappa shape index (κ1) is 27.4. The van der Waals surface area contributed by atoms with E-state index >= 15 is 0 Å². The predicted molar refractivity (Wildman–Crippen MR) is 140 cm³/mol. The second kappa shape index (κ2) is 10.8. The van der Waals surface area contributed by atoms with Gasteiger partial charge >= 0.3 is 13.8 Å². The summed E-state index contributed by atoms with van der Waals surface area (Å²) >= 11 is 0. The first-order valence-electron chi connectivity index (χ1n) is 13.6. The van der Waals surface area contributed by atoms with Crippen molar-refractivity contribution in [3.63, 3.8) is 0 Å². The molecule has 38 heavy (non-hydrogen) atoms. The Morgan fingerprint density at radius 1 is 0.868 bits per heavy atom. The number of halogens is 3. The van der Waals surface area contributed by atoms with Crippen molar-refractivity contribution in [1.82, 2.24) is 5.32 Å². The van der Waals surface area contributed by atoms with Crippen molar-refractivity contribution in [3.8, 4) is 11.1 Å². The Kier molecular flexibility index (Phi) is 7.78. The second-order valence-electron chi connectivity index (χ2n) is 11.0. The molecule has 5 nitrogen and oxygen atoms in total. The lowest BCUT2D eigenvalue weighted by Crippen LogP contribution is -2.47. The molecule has 2 aliphatic carbocycles. The van der Waals surface area contributed by atoms with Crippen LogP contribution in [0, 0.1) is 5.41 Å². The number of carbonyl (C=O) groups excluding carboxylic acids is 1. The molecule has 0 aromatic heterocycles. The van der Waals surface area contributed by atoms with E-state index in [9.17, 15) is 22.5 Å². The summed E-state index contributed by atoms with van der Waals surface area (Å²) in [6.07, 6.45) is 3.61. The maximum atomic E-state index is 13.6. The van der Waals surface area contributed by atoms with Crippen LogP contribution in [0.5, 0.6) is 0 Å². The number of hydrogen-bond acceptors (Lipinski definition) is 4. The molecular weight excluding hydrogens is 514 g/mol. The molecule has 1 aliphatic heterocycles. The highest BCUT2D eigenvalue weighted by molar-refractivity contribution is 7.53. The number of alkyl halides is 3. The second-order valence-corrected chi connectivity index (χ2v) is 13.2. The van der Waals surface area contributed by atoms with Crippen molar-refractivity contribution in [2.24, 2.45) is 5.41 Å². The van der Waals surface area contributed by atoms with E-state index in [0.717, 1.165) is 47.9 Å². The van der Waals surface area contributed by atoms with E-state index < -0.39 is 31.6 Å². The molecule has 1 saturated carbocycles. The van der Waals surface area contributed by atoms with E-state index in [1.807, 2.05) is 48.5 Å². The van der Waals surface area contributed by atoms with Crippen molar-refractivity contribution in [1.29, 1.82) is 0 Å². The van der Waals surface area contributed by atoms with Crippen LogP contribution >= 0.6 is 7.60 Å². The molecule has 2 aromatic carbocycles. The minimum absolute atomic E-state index is 0.00553. The molecule has 5 rings (SSSR count). The van der Waals surface area contributed by atoms with Gasteiger partial charge in [0.25, 0.3) is 0 Å². The average Bonchev–Trinajstić information content (AvgIpc) is 3.20. The molecule has 1 amide bonds. The highest BCUT2D eigenvalue weighted by Gasteiger charge is 2.49. The molecule has 2 aromatic rings. The van der Waals surface area contributed by atoms with Crippen molar-refractivity contribution in [2.45, 2.75) is 69.4 Å². The lowest BCUT2D eigenvalue weighted by atomic mass is 9.73. The van der Waals surface area contributed by atoms with E-state index in [4.69, 9.17) is 9.05 Å². The van der Waals surface area contributed by atoms with Gasteiger partial charge in [0.15, 0.2) is 0 Å². The minimum Gasteiger partial charge on any atom is -0.346 e. The van der Waals surface area contributed by atoms with E-state index in [2.05, 4.69) is 5.32 Å². The third-order valence-corrected chi connectivity index (χ3v) is 10.3. The third-order valence-electron chi connectivity index (χ3n) is 8.43. The molecule has 0 unspecified atom stereocenters. The average molecular weight is 550 g/mol. The summed E-state index contributed by atoms with van der Waals surface area (Å²) in [6, 6.07) is 14.9. The van der Waals surface area contributed by atoms with Crippen LogP contribution < -0.4 is 5.32 Å². The Balaban J connectivity index is 1.26. The van der Waals surface area contributed by atoms with Gasteiger partial charge in [-0.1, -0.05) is 80.6 Å². The van der Waals surface area contributed by atoms with Gasteiger partial charge in [-0.3, -0.25) is 9.36 Å². The molecule has 1 heterocycles. The fourth-order valence-corrected chi connectivity index (χ4v) is 8.31. The van der Waals surface area contributed by atoms with Gasteiger partial charge in [-0.25, -0.2) is 0 Å². The highest BCUT2D eigenvalue weighted by Crippen LogP contribution is 2.57. The van der Waals surface area contributed by atoms with Gasteiger partial charge in [-0.2, -0.15) is 13.2 Å². The van der Waals surface area contributed by atoms with Gasteiger partial charge in [0.05, 0.1) is 19.4 Å². The summed E-state index contributed by atoms with van der Waals surface area (Å²) in [4.78, 5) is 13.6. The fourth-order valence-electron chi connectivity index (χ4n) is 6.43. The molecular formula is C29H35F3NO4P. The summed E-state index contributed by atoms with van der Waals surface area (Å²) in [7, 11) is -3.15. The quantitative estimate of drug-likeness (QED) is 0.276. The zero-order chi connectivity index (χ0) is 26.9. The molecule has 0 bridgehead atoms. The SMILES string of the molecule is O=C(NCC(F)(F)F)C1(CCCCCP2(=O)OCC3(CCCCC3)CO2)c2ccccc2-c2ccccc21. The van der Waals surface area contributed by atoms with Crippen molar-refractivity contribution < 1.29 is 31.6 Å². The monoisotopic (exact) mass is 549 g/mol. The summed E-state index contributed by atoms with van der Waals surface area (Å²) in [5.41, 5.74) is 1.99. The van der Waals surface area contributed by atoms with Crippen LogP contribution in [0.1, 0.15) is 68.9 Å². The Morgan fingerprint density at radius 3 is 2.03 bits per heavy atom. The largest absolute Gasteiger partial charge is 0.405 e. The minimum atomic E-state index is -4.50. The van der Waals surface area contributed by atoms with Crippen LogP contribution in [0.3, 0.4) is 0 Å². The summed E-state index contributed by atoms with van der Waals surface area (Å²) in [5, 5.41) is 2.17. The molecule has 0 atom stereocenters. The molecule has 0 radical (unpaired) electrons. The first-order chi connectivity index (χ1) is 18.2. The lowest BCUT2D eigenvalue weighted by molar-refractivity contribution is -0.141. The number of benzene rings is 2. The summed E-state index contributed by atoms with van der Waals surface area (Å²) in [5.74, 6) is -0.642. The van der Waals surface area contributed by atoms with Gasteiger partial charge in [0, 0.05) is 5.41 Å². The zero-order valence-corrected chi connectivity index (χ0v) is 22.4. The summed E-state index contributed by atoms with van der Waals surface area (Å²) < 4.78 is 63.9. The van der Waals surface area contributed by atoms with Gasteiger partial charge in [-0.05, 0) is 47.9 Å². The van der Waals surface area contributed by atoms with Gasteiger partial charge in [-0.15, -0.1) is 0 Å². The van der Waals surface area contributed by atoms with Crippen LogP contribution in [0.25, 0.3) is 11.1 Å². The molecule has 1 spiro atoms. The standard InChI is InChI=1S/C29H35F3NO4P/c30-29(31,32)19-33-26(34)28(24-13-5-3-11-22(24)23-12-4-6-14-25(23)28)17-9-2-10-18-38(35)36-20-27(21-37-38)15-7-1-8-16-27/h3-6,11-14H,1-2,7-10,15-21H2,(H,33,34). The Hall–Kier alpha value is -2.15. The van der Waals surface area contributed by atoms with Crippen molar-refractivity contribution >= 4 is 13.5 Å². The number of hydrogen-bond donors (Lipinski definition) is 1. The molecule has 3 aliphatic rings. The Bertz CT molecular complexity index is 1150. The number of fused-ring (bicyclic) bond motifs is 3. The number of carbonyl (C=O) groups is 1. The third kappa shape index (κ3) is 5.45. The normalized spacial score (nSPS) is 21.0. The van der Waals surface area contributed by atoms with Gasteiger partial charge in [0.1, 0.15) is 12.0 Å². The van der Waals surface area contributed by atoms with Crippen LogP contribution in [-0.2, 0) is 23.8 Å². The fraction of sp³-hybridized carbons (Fsp3) is 0.552. The van der Waals surface area contributed by atoms with Crippen LogP contribution in [-0.4, -0.2) is 38.0 Å². The van der Waals surface area contributed by atoms with Gasteiger partial charge in [0.2, 0.25) is 5.91 Å². The number of nitrogens with one attached hydrogen (secondary N) is 1. The first-order valence-corrected chi connectivity index (χ1v) is 15.3. The molecule has 1 saturated heterocycles. The molecule has 206 valence electrons. The van der Waals surface area contributed by atoms with E-state index in [1.165, 1.54) is 6.42 Å². The van der Waals surface area contributed by atoms with Crippen LogP contribution in [0.15, 0.2) is 48.5 Å².